The Morgan fingerprint density at radius 3 is 2.53 bits per heavy atom. The summed E-state index contributed by atoms with van der Waals surface area (Å²) in [5.74, 6) is 0. The molecule has 1 heterocycles. The van der Waals surface area contributed by atoms with E-state index in [1.165, 1.54) is 15.4 Å². The minimum Gasteiger partial charge on any atom is -0.307 e. The Morgan fingerprint density at radius 1 is 1.11 bits per heavy atom. The van der Waals surface area contributed by atoms with E-state index >= 15 is 0 Å². The molecule has 1 aromatic carbocycles. The summed E-state index contributed by atoms with van der Waals surface area (Å²) in [7, 11) is 0. The molecule has 0 fully saturated rings. The maximum Gasteiger partial charge on any atom is 0.0931 e. The largest absolute Gasteiger partial charge is 0.307 e. The van der Waals surface area contributed by atoms with Gasteiger partial charge in [-0.1, -0.05) is 30.3 Å². The second kappa shape index (κ2) is 6.31. The number of aromatic nitrogens is 1. The third kappa shape index (κ3) is 5.13. The zero-order valence-electron chi connectivity index (χ0n) is 11.9. The quantitative estimate of drug-likeness (QED) is 0.896. The van der Waals surface area contributed by atoms with Crippen LogP contribution in [-0.4, -0.2) is 10.5 Å². The molecule has 0 radical (unpaired) electrons. The van der Waals surface area contributed by atoms with Gasteiger partial charge in [0.2, 0.25) is 0 Å². The first-order valence-electron chi connectivity index (χ1n) is 6.75. The third-order valence-corrected chi connectivity index (χ3v) is 3.92. The Morgan fingerprint density at radius 2 is 1.84 bits per heavy atom. The molecule has 1 aromatic heterocycles. The van der Waals surface area contributed by atoms with Crippen LogP contribution in [-0.2, 0) is 19.4 Å². The van der Waals surface area contributed by atoms with E-state index in [9.17, 15) is 0 Å². The van der Waals surface area contributed by atoms with Crippen molar-refractivity contribution in [3.63, 3.8) is 0 Å². The highest BCUT2D eigenvalue weighted by atomic mass is 32.1. The van der Waals surface area contributed by atoms with Gasteiger partial charge < -0.3 is 5.32 Å². The van der Waals surface area contributed by atoms with Crippen LogP contribution in [0, 0.1) is 0 Å². The van der Waals surface area contributed by atoms with Gasteiger partial charge in [0.25, 0.3) is 0 Å². The smallest absolute Gasteiger partial charge is 0.0931 e. The van der Waals surface area contributed by atoms with Crippen molar-refractivity contribution in [1.29, 1.82) is 0 Å². The highest BCUT2D eigenvalue weighted by molar-refractivity contribution is 7.11. The topological polar surface area (TPSA) is 24.9 Å². The van der Waals surface area contributed by atoms with E-state index in [1.54, 1.807) is 0 Å². The van der Waals surface area contributed by atoms with Crippen molar-refractivity contribution in [2.24, 2.45) is 0 Å². The maximum absolute atomic E-state index is 4.51. The summed E-state index contributed by atoms with van der Waals surface area (Å²) >= 11 is 1.82. The van der Waals surface area contributed by atoms with E-state index in [0.29, 0.717) is 0 Å². The average Bonchev–Trinajstić information content (AvgIpc) is 2.82. The highest BCUT2D eigenvalue weighted by Gasteiger charge is 2.10. The zero-order valence-corrected chi connectivity index (χ0v) is 12.8. The van der Waals surface area contributed by atoms with Crippen molar-refractivity contribution in [2.75, 3.05) is 0 Å². The summed E-state index contributed by atoms with van der Waals surface area (Å²) < 4.78 is 0. The molecule has 2 nitrogen and oxygen atoms in total. The van der Waals surface area contributed by atoms with Crippen molar-refractivity contribution < 1.29 is 0 Å². The van der Waals surface area contributed by atoms with Gasteiger partial charge in [-0.2, -0.15) is 0 Å². The summed E-state index contributed by atoms with van der Waals surface area (Å²) in [4.78, 5) is 5.83. The molecular formula is C16H22N2S. The first-order chi connectivity index (χ1) is 9.03. The molecule has 0 aliphatic rings. The fraction of sp³-hybridized carbons (Fsp3) is 0.438. The fourth-order valence-electron chi connectivity index (χ4n) is 1.79. The first-order valence-corrected chi connectivity index (χ1v) is 7.57. The van der Waals surface area contributed by atoms with E-state index in [1.807, 2.05) is 17.5 Å². The van der Waals surface area contributed by atoms with Gasteiger partial charge >= 0.3 is 0 Å². The molecule has 0 aliphatic heterocycles. The van der Waals surface area contributed by atoms with Crippen LogP contribution in [0.2, 0.25) is 0 Å². The van der Waals surface area contributed by atoms with Gasteiger partial charge in [0.15, 0.2) is 0 Å². The molecule has 3 heteroatoms. The Bertz CT molecular complexity index is 497. The Hall–Kier alpha value is -1.19. The molecule has 1 N–H and O–H groups in total. The third-order valence-electron chi connectivity index (χ3n) is 2.86. The molecule has 19 heavy (non-hydrogen) atoms. The number of hydrogen-bond donors (Lipinski definition) is 1. The molecule has 0 amide bonds. The van der Waals surface area contributed by atoms with Gasteiger partial charge in [-0.3, -0.25) is 0 Å². The average molecular weight is 274 g/mol. The number of hydrogen-bond acceptors (Lipinski definition) is 3. The van der Waals surface area contributed by atoms with Crippen LogP contribution in [0.15, 0.2) is 36.5 Å². The zero-order chi connectivity index (χ0) is 13.7. The predicted octanol–water partition coefficient (Wildman–Crippen LogP) is 3.82. The SMILES string of the molecule is CC(C)(C)NCc1cnc(CCc2ccccc2)s1. The van der Waals surface area contributed by atoms with Crippen molar-refractivity contribution in [3.05, 3.63) is 52.0 Å². The van der Waals surface area contributed by atoms with E-state index in [-0.39, 0.29) is 5.54 Å². The summed E-state index contributed by atoms with van der Waals surface area (Å²) in [5, 5.41) is 4.73. The lowest BCUT2D eigenvalue weighted by molar-refractivity contribution is 0.426. The van der Waals surface area contributed by atoms with Crippen molar-refractivity contribution >= 4 is 11.3 Å². The number of benzene rings is 1. The van der Waals surface area contributed by atoms with E-state index in [0.717, 1.165) is 19.4 Å². The minimum atomic E-state index is 0.161. The van der Waals surface area contributed by atoms with E-state index < -0.39 is 0 Å². The van der Waals surface area contributed by atoms with Crippen LogP contribution in [0.5, 0.6) is 0 Å². The van der Waals surface area contributed by atoms with Crippen molar-refractivity contribution in [2.45, 2.75) is 45.7 Å². The van der Waals surface area contributed by atoms with Crippen molar-refractivity contribution in [3.8, 4) is 0 Å². The molecule has 0 saturated heterocycles. The number of thiazole rings is 1. The lowest BCUT2D eigenvalue weighted by Crippen LogP contribution is -2.34. The molecule has 0 atom stereocenters. The molecule has 2 rings (SSSR count). The van der Waals surface area contributed by atoms with Crippen LogP contribution in [0.4, 0.5) is 0 Å². The highest BCUT2D eigenvalue weighted by Crippen LogP contribution is 2.16. The minimum absolute atomic E-state index is 0.161. The lowest BCUT2D eigenvalue weighted by Gasteiger charge is -2.19. The van der Waals surface area contributed by atoms with Gasteiger partial charge in [-0.25, -0.2) is 4.98 Å². The van der Waals surface area contributed by atoms with Crippen LogP contribution >= 0.6 is 11.3 Å². The monoisotopic (exact) mass is 274 g/mol. The number of nitrogens with one attached hydrogen (secondary N) is 1. The summed E-state index contributed by atoms with van der Waals surface area (Å²) in [6.45, 7) is 7.46. The van der Waals surface area contributed by atoms with E-state index in [2.05, 4.69) is 61.4 Å². The molecule has 0 spiro atoms. The Labute approximate surface area is 119 Å². The first kappa shape index (κ1) is 14.2. The standard InChI is InChI=1S/C16H22N2S/c1-16(2,3)18-12-14-11-17-15(19-14)10-9-13-7-5-4-6-8-13/h4-8,11,18H,9-10,12H2,1-3H3. The van der Waals surface area contributed by atoms with Crippen LogP contribution in [0.1, 0.15) is 36.2 Å². The molecule has 0 unspecified atom stereocenters. The van der Waals surface area contributed by atoms with Gasteiger partial charge in [0, 0.05) is 29.6 Å². The number of aryl methyl sites for hydroxylation is 2. The summed E-state index contributed by atoms with van der Waals surface area (Å²) in [6, 6.07) is 10.6. The van der Waals surface area contributed by atoms with Crippen LogP contribution in [0.25, 0.3) is 0 Å². The fourth-order valence-corrected chi connectivity index (χ4v) is 2.66. The summed E-state index contributed by atoms with van der Waals surface area (Å²) in [5.41, 5.74) is 1.54. The van der Waals surface area contributed by atoms with Crippen LogP contribution < -0.4 is 5.32 Å². The van der Waals surface area contributed by atoms with E-state index in [4.69, 9.17) is 0 Å². The molecule has 0 saturated carbocycles. The summed E-state index contributed by atoms with van der Waals surface area (Å²) in [6.07, 6.45) is 4.11. The molecule has 2 aromatic rings. The second-order valence-electron chi connectivity index (χ2n) is 5.81. The second-order valence-corrected chi connectivity index (χ2v) is 7.01. The number of nitrogens with zero attached hydrogens (tertiary/aromatic N) is 1. The molecular weight excluding hydrogens is 252 g/mol. The normalized spacial score (nSPS) is 11.7. The molecule has 0 aliphatic carbocycles. The van der Waals surface area contributed by atoms with Gasteiger partial charge in [0.1, 0.15) is 0 Å². The van der Waals surface area contributed by atoms with Gasteiger partial charge in [-0.15, -0.1) is 11.3 Å². The number of rotatable bonds is 5. The molecule has 102 valence electrons. The maximum atomic E-state index is 4.51. The van der Waals surface area contributed by atoms with Gasteiger partial charge in [0.05, 0.1) is 5.01 Å². The Kier molecular flexibility index (Phi) is 4.72. The Balaban J connectivity index is 1.84. The van der Waals surface area contributed by atoms with Gasteiger partial charge in [-0.05, 0) is 32.8 Å². The van der Waals surface area contributed by atoms with Crippen molar-refractivity contribution in [1.82, 2.24) is 10.3 Å². The molecule has 0 bridgehead atoms. The lowest BCUT2D eigenvalue weighted by atomic mass is 10.1. The predicted molar refractivity (Wildman–Crippen MR) is 82.6 cm³/mol. The van der Waals surface area contributed by atoms with Crippen LogP contribution in [0.3, 0.4) is 0 Å².